The summed E-state index contributed by atoms with van der Waals surface area (Å²) < 4.78 is 39.7. The first-order valence-electron chi connectivity index (χ1n) is 3.92. The van der Waals surface area contributed by atoms with E-state index in [9.17, 15) is 13.2 Å². The lowest BCUT2D eigenvalue weighted by Gasteiger charge is -2.09. The van der Waals surface area contributed by atoms with Gasteiger partial charge in [-0.2, -0.15) is 8.78 Å². The maximum Gasteiger partial charge on any atom is 0.387 e. The van der Waals surface area contributed by atoms with Crippen molar-refractivity contribution in [2.75, 3.05) is 6.67 Å². The summed E-state index contributed by atoms with van der Waals surface area (Å²) in [5.41, 5.74) is 0.214. The number of aliphatic hydroxyl groups is 1. The molecule has 0 bridgehead atoms. The van der Waals surface area contributed by atoms with Crippen molar-refractivity contribution < 1.29 is 23.0 Å². The topological polar surface area (TPSA) is 29.5 Å². The lowest BCUT2D eigenvalue weighted by Crippen LogP contribution is -2.04. The highest BCUT2D eigenvalue weighted by molar-refractivity contribution is 5.29. The summed E-state index contributed by atoms with van der Waals surface area (Å²) in [5.74, 6) is -0.0926. The zero-order chi connectivity index (χ0) is 10.6. The monoisotopic (exact) mass is 206 g/mol. The zero-order valence-electron chi connectivity index (χ0n) is 7.16. The fraction of sp³-hybridized carbons (Fsp3) is 0.333. The minimum absolute atomic E-state index is 0.0926. The molecule has 1 aromatic rings. The second-order valence-corrected chi connectivity index (χ2v) is 2.62. The molecular weight excluding hydrogens is 197 g/mol. The van der Waals surface area contributed by atoms with Crippen LogP contribution in [0.2, 0.25) is 0 Å². The average molecular weight is 206 g/mol. The number of aliphatic hydroxyl groups excluding tert-OH is 1. The molecule has 0 heterocycles. The van der Waals surface area contributed by atoms with Crippen LogP contribution < -0.4 is 4.74 Å². The predicted octanol–water partition coefficient (Wildman–Crippen LogP) is 2.29. The number of ether oxygens (including phenoxy) is 1. The van der Waals surface area contributed by atoms with Crippen LogP contribution in [-0.2, 0) is 0 Å². The van der Waals surface area contributed by atoms with Gasteiger partial charge >= 0.3 is 6.61 Å². The highest BCUT2D eigenvalue weighted by Gasteiger charge is 2.09. The van der Waals surface area contributed by atoms with Crippen molar-refractivity contribution in [2.24, 2.45) is 0 Å². The van der Waals surface area contributed by atoms with Crippen LogP contribution in [0.25, 0.3) is 0 Å². The quantitative estimate of drug-likeness (QED) is 0.818. The molecule has 0 saturated heterocycles. The number of halogens is 3. The van der Waals surface area contributed by atoms with E-state index in [1.807, 2.05) is 0 Å². The number of alkyl halides is 3. The van der Waals surface area contributed by atoms with Gasteiger partial charge in [-0.15, -0.1) is 0 Å². The van der Waals surface area contributed by atoms with Gasteiger partial charge in [-0.25, -0.2) is 4.39 Å². The highest BCUT2D eigenvalue weighted by Crippen LogP contribution is 2.20. The van der Waals surface area contributed by atoms with Gasteiger partial charge in [0, 0.05) is 0 Å². The van der Waals surface area contributed by atoms with E-state index >= 15 is 0 Å². The van der Waals surface area contributed by atoms with Crippen molar-refractivity contribution in [3.63, 3.8) is 0 Å². The van der Waals surface area contributed by atoms with E-state index in [4.69, 9.17) is 5.11 Å². The Labute approximate surface area is 78.9 Å². The number of rotatable bonds is 4. The normalized spacial score (nSPS) is 12.9. The largest absolute Gasteiger partial charge is 0.435 e. The summed E-state index contributed by atoms with van der Waals surface area (Å²) in [6.45, 7) is -3.88. The molecule has 0 aromatic heterocycles. The molecule has 14 heavy (non-hydrogen) atoms. The maximum absolute atomic E-state index is 12.0. The van der Waals surface area contributed by atoms with Gasteiger partial charge < -0.3 is 9.84 Å². The molecule has 0 aliphatic carbocycles. The fourth-order valence-electron chi connectivity index (χ4n) is 0.987. The van der Waals surface area contributed by atoms with Crippen molar-refractivity contribution in [3.05, 3.63) is 29.8 Å². The molecule has 1 rings (SSSR count). The first kappa shape index (κ1) is 10.8. The summed E-state index contributed by atoms with van der Waals surface area (Å²) >= 11 is 0. The van der Waals surface area contributed by atoms with Crippen LogP contribution in [0.3, 0.4) is 0 Å². The second kappa shape index (κ2) is 4.85. The Hall–Kier alpha value is -1.23. The average Bonchev–Trinajstić information content (AvgIpc) is 2.16. The molecular formula is C9H9F3O2. The van der Waals surface area contributed by atoms with Crippen LogP contribution in [0.1, 0.15) is 11.7 Å². The van der Waals surface area contributed by atoms with E-state index in [1.165, 1.54) is 24.3 Å². The van der Waals surface area contributed by atoms with Crippen molar-refractivity contribution in [1.82, 2.24) is 0 Å². The number of hydrogen-bond donors (Lipinski definition) is 1. The highest BCUT2D eigenvalue weighted by atomic mass is 19.3. The minimum atomic E-state index is -2.92. The Morgan fingerprint density at radius 2 is 2.07 bits per heavy atom. The Bertz CT molecular complexity index is 291. The van der Waals surface area contributed by atoms with Crippen LogP contribution in [0.4, 0.5) is 13.2 Å². The zero-order valence-corrected chi connectivity index (χ0v) is 7.16. The van der Waals surface area contributed by atoms with E-state index in [-0.39, 0.29) is 11.3 Å². The van der Waals surface area contributed by atoms with Crippen molar-refractivity contribution in [1.29, 1.82) is 0 Å². The van der Waals surface area contributed by atoms with E-state index in [1.54, 1.807) is 0 Å². The standard InChI is InChI=1S/C9H9F3O2/c10-5-8(13)6-2-1-3-7(4-6)14-9(11)12/h1-4,8-9,13H,5H2. The molecule has 1 atom stereocenters. The van der Waals surface area contributed by atoms with Crippen LogP contribution in [0, 0.1) is 0 Å². The van der Waals surface area contributed by atoms with Crippen LogP contribution in [-0.4, -0.2) is 18.4 Å². The van der Waals surface area contributed by atoms with Gasteiger partial charge in [0.2, 0.25) is 0 Å². The Morgan fingerprint density at radius 1 is 1.36 bits per heavy atom. The summed E-state index contributed by atoms with van der Waals surface area (Å²) in [5, 5.41) is 9.07. The predicted molar refractivity (Wildman–Crippen MR) is 44.0 cm³/mol. The van der Waals surface area contributed by atoms with Gasteiger partial charge in [0.05, 0.1) is 0 Å². The molecule has 0 amide bonds. The molecule has 1 N–H and O–H groups in total. The van der Waals surface area contributed by atoms with E-state index in [0.29, 0.717) is 0 Å². The number of hydrogen-bond acceptors (Lipinski definition) is 2. The SMILES string of the molecule is OC(CF)c1cccc(OC(F)F)c1. The van der Waals surface area contributed by atoms with Crippen LogP contribution in [0.5, 0.6) is 5.75 Å². The summed E-state index contributed by atoms with van der Waals surface area (Å²) in [7, 11) is 0. The molecule has 0 aliphatic heterocycles. The molecule has 0 spiro atoms. The molecule has 0 aliphatic rings. The first-order chi connectivity index (χ1) is 6.63. The molecule has 0 radical (unpaired) electrons. The third-order valence-electron chi connectivity index (χ3n) is 1.61. The Morgan fingerprint density at radius 3 is 2.64 bits per heavy atom. The number of benzene rings is 1. The molecule has 1 aromatic carbocycles. The van der Waals surface area contributed by atoms with E-state index in [0.717, 1.165) is 0 Å². The minimum Gasteiger partial charge on any atom is -0.435 e. The molecule has 2 nitrogen and oxygen atoms in total. The van der Waals surface area contributed by atoms with Crippen LogP contribution in [0.15, 0.2) is 24.3 Å². The summed E-state index contributed by atoms with van der Waals surface area (Å²) in [6, 6.07) is 5.32. The first-order valence-corrected chi connectivity index (χ1v) is 3.92. The molecule has 1 unspecified atom stereocenters. The summed E-state index contributed by atoms with van der Waals surface area (Å²) in [4.78, 5) is 0. The van der Waals surface area contributed by atoms with Crippen LogP contribution >= 0.6 is 0 Å². The van der Waals surface area contributed by atoms with Gasteiger partial charge in [0.25, 0.3) is 0 Å². The lowest BCUT2D eigenvalue weighted by atomic mass is 10.1. The Kier molecular flexibility index (Phi) is 3.76. The molecule has 0 fully saturated rings. The van der Waals surface area contributed by atoms with Crippen molar-refractivity contribution >= 4 is 0 Å². The van der Waals surface area contributed by atoms with Gasteiger partial charge in [0.15, 0.2) is 0 Å². The van der Waals surface area contributed by atoms with E-state index < -0.39 is 19.4 Å². The van der Waals surface area contributed by atoms with Gasteiger partial charge in [-0.05, 0) is 17.7 Å². The van der Waals surface area contributed by atoms with E-state index in [2.05, 4.69) is 4.74 Å². The van der Waals surface area contributed by atoms with Crippen molar-refractivity contribution in [3.8, 4) is 5.75 Å². The molecule has 0 saturated carbocycles. The van der Waals surface area contributed by atoms with Gasteiger partial charge in [-0.3, -0.25) is 0 Å². The van der Waals surface area contributed by atoms with Gasteiger partial charge in [0.1, 0.15) is 18.5 Å². The second-order valence-electron chi connectivity index (χ2n) is 2.62. The fourth-order valence-corrected chi connectivity index (χ4v) is 0.987. The third-order valence-corrected chi connectivity index (χ3v) is 1.61. The summed E-state index contributed by atoms with van der Waals surface area (Å²) in [6.07, 6.45) is -1.30. The van der Waals surface area contributed by atoms with Crippen molar-refractivity contribution in [2.45, 2.75) is 12.7 Å². The Balaban J connectivity index is 2.78. The lowest BCUT2D eigenvalue weighted by molar-refractivity contribution is -0.0499. The van der Waals surface area contributed by atoms with Gasteiger partial charge in [-0.1, -0.05) is 12.1 Å². The maximum atomic E-state index is 12.0. The smallest absolute Gasteiger partial charge is 0.387 e. The molecule has 78 valence electrons. The molecule has 5 heteroatoms. The third kappa shape index (κ3) is 2.92.